The number of benzene rings is 2. The molecule has 21 heavy (non-hydrogen) atoms. The standard InChI is InChI=1S/C15H12BrNO4/c1-9-13(17(19)20)4-3-5-14(9)21-15-7-6-11(10(2)18)8-12(15)16/h3-8H,1-2H3. The minimum atomic E-state index is -0.448. The van der Waals surface area contributed by atoms with E-state index in [4.69, 9.17) is 4.74 Å². The van der Waals surface area contributed by atoms with Crippen molar-refractivity contribution in [2.24, 2.45) is 0 Å². The molecule has 2 aromatic rings. The summed E-state index contributed by atoms with van der Waals surface area (Å²) in [4.78, 5) is 21.8. The highest BCUT2D eigenvalue weighted by Gasteiger charge is 2.15. The van der Waals surface area contributed by atoms with Crippen molar-refractivity contribution in [3.05, 3.63) is 62.1 Å². The first-order chi connectivity index (χ1) is 9.90. The van der Waals surface area contributed by atoms with Crippen molar-refractivity contribution in [2.45, 2.75) is 13.8 Å². The van der Waals surface area contributed by atoms with E-state index < -0.39 is 4.92 Å². The molecule has 0 atom stereocenters. The van der Waals surface area contributed by atoms with Gasteiger partial charge in [0.1, 0.15) is 11.5 Å². The van der Waals surface area contributed by atoms with E-state index in [1.165, 1.54) is 13.0 Å². The topological polar surface area (TPSA) is 69.4 Å². The fraction of sp³-hybridized carbons (Fsp3) is 0.133. The average Bonchev–Trinajstić information content (AvgIpc) is 2.42. The lowest BCUT2D eigenvalue weighted by Crippen LogP contribution is -1.96. The molecule has 0 amide bonds. The Bertz CT molecular complexity index is 728. The van der Waals surface area contributed by atoms with Gasteiger partial charge in [-0.2, -0.15) is 0 Å². The summed E-state index contributed by atoms with van der Waals surface area (Å²) in [6.45, 7) is 3.11. The summed E-state index contributed by atoms with van der Waals surface area (Å²) in [5.41, 5.74) is 1.01. The maximum absolute atomic E-state index is 11.3. The zero-order valence-corrected chi connectivity index (χ0v) is 13.0. The first kappa shape index (κ1) is 15.2. The van der Waals surface area contributed by atoms with Crippen molar-refractivity contribution in [1.82, 2.24) is 0 Å². The van der Waals surface area contributed by atoms with Gasteiger partial charge in [0, 0.05) is 11.6 Å². The van der Waals surface area contributed by atoms with Gasteiger partial charge >= 0.3 is 0 Å². The number of rotatable bonds is 4. The van der Waals surface area contributed by atoms with E-state index in [-0.39, 0.29) is 11.5 Å². The van der Waals surface area contributed by atoms with Crippen molar-refractivity contribution in [2.75, 3.05) is 0 Å². The van der Waals surface area contributed by atoms with Crippen LogP contribution < -0.4 is 4.74 Å². The Balaban J connectivity index is 2.37. The van der Waals surface area contributed by atoms with Gasteiger partial charge in [-0.05, 0) is 54.0 Å². The molecule has 0 saturated carbocycles. The molecule has 2 rings (SSSR count). The largest absolute Gasteiger partial charge is 0.456 e. The molecule has 0 bridgehead atoms. The number of carbonyl (C=O) groups excluding carboxylic acids is 1. The van der Waals surface area contributed by atoms with Crippen LogP contribution in [-0.4, -0.2) is 10.7 Å². The lowest BCUT2D eigenvalue weighted by atomic mass is 10.1. The Morgan fingerprint density at radius 3 is 2.52 bits per heavy atom. The van der Waals surface area contributed by atoms with Crippen LogP contribution in [-0.2, 0) is 0 Å². The van der Waals surface area contributed by atoms with Crippen molar-refractivity contribution < 1.29 is 14.5 Å². The number of nitro groups is 1. The van der Waals surface area contributed by atoms with Crippen LogP contribution in [0.2, 0.25) is 0 Å². The van der Waals surface area contributed by atoms with Crippen molar-refractivity contribution in [3.63, 3.8) is 0 Å². The van der Waals surface area contributed by atoms with E-state index in [1.807, 2.05) is 0 Å². The molecule has 0 aromatic heterocycles. The molecular weight excluding hydrogens is 338 g/mol. The van der Waals surface area contributed by atoms with E-state index in [2.05, 4.69) is 15.9 Å². The molecule has 0 N–H and O–H groups in total. The molecule has 0 aliphatic carbocycles. The molecule has 5 nitrogen and oxygen atoms in total. The fourth-order valence-corrected chi connectivity index (χ4v) is 2.29. The third-order valence-electron chi connectivity index (χ3n) is 3.01. The molecule has 0 unspecified atom stereocenters. The summed E-state index contributed by atoms with van der Waals surface area (Å²) in [5.74, 6) is 0.845. The maximum atomic E-state index is 11.3. The molecule has 0 spiro atoms. The van der Waals surface area contributed by atoms with Crippen molar-refractivity contribution in [1.29, 1.82) is 0 Å². The van der Waals surface area contributed by atoms with Gasteiger partial charge in [0.15, 0.2) is 5.78 Å². The van der Waals surface area contributed by atoms with Crippen LogP contribution >= 0.6 is 15.9 Å². The quantitative estimate of drug-likeness (QED) is 0.457. The van der Waals surface area contributed by atoms with Gasteiger partial charge in [-0.3, -0.25) is 14.9 Å². The minimum Gasteiger partial charge on any atom is -0.456 e. The van der Waals surface area contributed by atoms with Gasteiger partial charge in [-0.25, -0.2) is 0 Å². The normalized spacial score (nSPS) is 10.2. The van der Waals surface area contributed by atoms with Crippen LogP contribution in [0.5, 0.6) is 11.5 Å². The Morgan fingerprint density at radius 2 is 1.95 bits per heavy atom. The molecular formula is C15H12BrNO4. The van der Waals surface area contributed by atoms with Gasteiger partial charge in [0.2, 0.25) is 0 Å². The number of hydrogen-bond acceptors (Lipinski definition) is 4. The monoisotopic (exact) mass is 349 g/mol. The van der Waals surface area contributed by atoms with Crippen LogP contribution in [0.3, 0.4) is 0 Å². The van der Waals surface area contributed by atoms with Crippen molar-refractivity contribution in [3.8, 4) is 11.5 Å². The number of carbonyl (C=O) groups is 1. The van der Waals surface area contributed by atoms with Crippen LogP contribution in [0.4, 0.5) is 5.69 Å². The van der Waals surface area contributed by atoms with Gasteiger partial charge in [0.25, 0.3) is 5.69 Å². The molecule has 0 saturated heterocycles. The summed E-state index contributed by atoms with van der Waals surface area (Å²) in [6, 6.07) is 9.61. The van der Waals surface area contributed by atoms with E-state index >= 15 is 0 Å². The van der Waals surface area contributed by atoms with Crippen molar-refractivity contribution >= 4 is 27.4 Å². The van der Waals surface area contributed by atoms with Crippen LogP contribution in [0.1, 0.15) is 22.8 Å². The number of hydrogen-bond donors (Lipinski definition) is 0. The second-order valence-electron chi connectivity index (χ2n) is 4.46. The second kappa shape index (κ2) is 6.05. The van der Waals surface area contributed by atoms with E-state index in [9.17, 15) is 14.9 Å². The van der Waals surface area contributed by atoms with Gasteiger partial charge in [-0.15, -0.1) is 0 Å². The smallest absolute Gasteiger partial charge is 0.276 e. The molecule has 0 aliphatic heterocycles. The molecule has 0 fully saturated rings. The zero-order valence-electron chi connectivity index (χ0n) is 11.4. The summed E-state index contributed by atoms with van der Waals surface area (Å²) in [6.07, 6.45) is 0. The molecule has 108 valence electrons. The van der Waals surface area contributed by atoms with Crippen LogP contribution in [0.25, 0.3) is 0 Å². The first-order valence-corrected chi connectivity index (χ1v) is 6.92. The molecule has 0 radical (unpaired) electrons. The fourth-order valence-electron chi connectivity index (χ4n) is 1.83. The number of ether oxygens (including phenoxy) is 1. The van der Waals surface area contributed by atoms with Gasteiger partial charge < -0.3 is 4.74 Å². The first-order valence-electron chi connectivity index (χ1n) is 6.12. The third-order valence-corrected chi connectivity index (χ3v) is 3.63. The van der Waals surface area contributed by atoms with Gasteiger partial charge in [0.05, 0.1) is 15.0 Å². The Kier molecular flexibility index (Phi) is 4.37. The highest BCUT2D eigenvalue weighted by Crippen LogP contribution is 2.34. The second-order valence-corrected chi connectivity index (χ2v) is 5.32. The predicted octanol–water partition coefficient (Wildman–Crippen LogP) is 4.66. The number of nitro benzene ring substituents is 1. The Labute approximate surface area is 129 Å². The van der Waals surface area contributed by atoms with Crippen LogP contribution in [0.15, 0.2) is 40.9 Å². The molecule has 2 aromatic carbocycles. The highest BCUT2D eigenvalue weighted by atomic mass is 79.9. The molecule has 0 aliphatic rings. The SMILES string of the molecule is CC(=O)c1ccc(Oc2cccc([N+](=O)[O-])c2C)c(Br)c1. The number of nitrogens with zero attached hydrogens (tertiary/aromatic N) is 1. The highest BCUT2D eigenvalue weighted by molar-refractivity contribution is 9.10. The Morgan fingerprint density at radius 1 is 1.24 bits per heavy atom. The molecule has 6 heteroatoms. The van der Waals surface area contributed by atoms with Gasteiger partial charge in [-0.1, -0.05) is 6.07 Å². The average molecular weight is 350 g/mol. The third kappa shape index (κ3) is 3.28. The summed E-state index contributed by atoms with van der Waals surface area (Å²) >= 11 is 3.33. The lowest BCUT2D eigenvalue weighted by molar-refractivity contribution is -0.385. The number of Topliss-reactive ketones (excluding diaryl/α,β-unsaturated/α-hetero) is 1. The number of ketones is 1. The molecule has 0 heterocycles. The zero-order chi connectivity index (χ0) is 15.6. The van der Waals surface area contributed by atoms with E-state index in [1.54, 1.807) is 37.3 Å². The lowest BCUT2D eigenvalue weighted by Gasteiger charge is -2.11. The number of halogens is 1. The Hall–Kier alpha value is -2.21. The summed E-state index contributed by atoms with van der Waals surface area (Å²) in [5, 5.41) is 10.9. The summed E-state index contributed by atoms with van der Waals surface area (Å²) in [7, 11) is 0. The van der Waals surface area contributed by atoms with Crippen LogP contribution in [0, 0.1) is 17.0 Å². The summed E-state index contributed by atoms with van der Waals surface area (Å²) < 4.78 is 6.31. The maximum Gasteiger partial charge on any atom is 0.276 e. The minimum absolute atomic E-state index is 0.00368. The van der Waals surface area contributed by atoms with E-state index in [0.717, 1.165) is 0 Å². The van der Waals surface area contributed by atoms with E-state index in [0.29, 0.717) is 27.1 Å². The predicted molar refractivity (Wildman–Crippen MR) is 82.1 cm³/mol.